The minimum atomic E-state index is 0.101. The summed E-state index contributed by atoms with van der Waals surface area (Å²) < 4.78 is 5.24. The average molecular weight is 221 g/mol. The molecule has 1 atom stereocenters. The summed E-state index contributed by atoms with van der Waals surface area (Å²) >= 11 is 0. The third-order valence-electron chi connectivity index (χ3n) is 2.68. The van der Waals surface area contributed by atoms with Gasteiger partial charge in [-0.25, -0.2) is 0 Å². The first-order chi connectivity index (χ1) is 7.33. The summed E-state index contributed by atoms with van der Waals surface area (Å²) in [6.07, 6.45) is 0.985. The van der Waals surface area contributed by atoms with Crippen molar-refractivity contribution in [3.8, 4) is 5.75 Å². The summed E-state index contributed by atoms with van der Waals surface area (Å²) in [5.74, 6) is 0.923. The second-order valence-corrected chi connectivity index (χ2v) is 5.60. The zero-order chi connectivity index (χ0) is 12.3. The molecule has 1 rings (SSSR count). The zero-order valence-corrected chi connectivity index (χ0v) is 11.0. The van der Waals surface area contributed by atoms with Gasteiger partial charge in [-0.15, -0.1) is 0 Å². The smallest absolute Gasteiger partial charge is 0.121 e. The van der Waals surface area contributed by atoms with Crippen molar-refractivity contribution >= 4 is 0 Å². The average Bonchev–Trinajstić information content (AvgIpc) is 2.15. The van der Waals surface area contributed by atoms with E-state index in [-0.39, 0.29) is 11.5 Å². The molecule has 0 aliphatic heterocycles. The lowest BCUT2D eigenvalue weighted by molar-refractivity contribution is 0.342. The molecule has 0 bridgehead atoms. The molecule has 0 amide bonds. The summed E-state index contributed by atoms with van der Waals surface area (Å²) in [6.45, 7) is 8.68. The number of rotatable bonds is 3. The van der Waals surface area contributed by atoms with E-state index in [2.05, 4.69) is 32.9 Å². The van der Waals surface area contributed by atoms with Gasteiger partial charge in [0, 0.05) is 6.04 Å². The van der Waals surface area contributed by atoms with Crippen molar-refractivity contribution in [1.29, 1.82) is 0 Å². The van der Waals surface area contributed by atoms with Crippen LogP contribution in [-0.2, 0) is 0 Å². The van der Waals surface area contributed by atoms with E-state index >= 15 is 0 Å². The molecule has 90 valence electrons. The molecule has 2 N–H and O–H groups in total. The molecule has 0 aliphatic rings. The molecular weight excluding hydrogens is 198 g/mol. The lowest BCUT2D eigenvalue weighted by atomic mass is 9.85. The maximum atomic E-state index is 6.20. The summed E-state index contributed by atoms with van der Waals surface area (Å²) in [4.78, 5) is 0. The highest BCUT2D eigenvalue weighted by Crippen LogP contribution is 2.29. The van der Waals surface area contributed by atoms with E-state index in [0.717, 1.165) is 17.7 Å². The van der Waals surface area contributed by atoms with Gasteiger partial charge in [0.25, 0.3) is 0 Å². The standard InChI is InChI=1S/C14H23NO/c1-10-8-11(6-7-13(10)16-5)12(15)9-14(2,3)4/h6-8,12H,9,15H2,1-5H3. The maximum Gasteiger partial charge on any atom is 0.121 e. The Labute approximate surface area is 98.8 Å². The molecule has 0 saturated carbocycles. The van der Waals surface area contributed by atoms with E-state index in [4.69, 9.17) is 10.5 Å². The van der Waals surface area contributed by atoms with Gasteiger partial charge in [-0.05, 0) is 36.0 Å². The Morgan fingerprint density at radius 2 is 1.94 bits per heavy atom. The first-order valence-electron chi connectivity index (χ1n) is 5.73. The summed E-state index contributed by atoms with van der Waals surface area (Å²) in [7, 11) is 1.69. The van der Waals surface area contributed by atoms with E-state index < -0.39 is 0 Å². The Hall–Kier alpha value is -1.02. The molecule has 16 heavy (non-hydrogen) atoms. The molecule has 2 heteroatoms. The second kappa shape index (κ2) is 4.88. The summed E-state index contributed by atoms with van der Waals surface area (Å²) in [6, 6.07) is 6.27. The predicted molar refractivity (Wildman–Crippen MR) is 68.7 cm³/mol. The van der Waals surface area contributed by atoms with Crippen LogP contribution in [-0.4, -0.2) is 7.11 Å². The van der Waals surface area contributed by atoms with Crippen molar-refractivity contribution in [2.75, 3.05) is 7.11 Å². The number of nitrogens with two attached hydrogens (primary N) is 1. The Bertz CT molecular complexity index is 352. The molecule has 1 aromatic carbocycles. The third-order valence-corrected chi connectivity index (χ3v) is 2.68. The Morgan fingerprint density at radius 3 is 2.38 bits per heavy atom. The van der Waals surface area contributed by atoms with Gasteiger partial charge in [-0.1, -0.05) is 32.9 Å². The fourth-order valence-corrected chi connectivity index (χ4v) is 1.91. The zero-order valence-electron chi connectivity index (χ0n) is 11.0. The minimum Gasteiger partial charge on any atom is -0.496 e. The second-order valence-electron chi connectivity index (χ2n) is 5.60. The minimum absolute atomic E-state index is 0.101. The Kier molecular flexibility index (Phi) is 3.98. The lowest BCUT2D eigenvalue weighted by Crippen LogP contribution is -2.18. The number of benzene rings is 1. The van der Waals surface area contributed by atoms with E-state index in [9.17, 15) is 0 Å². The van der Waals surface area contributed by atoms with Crippen LogP contribution in [0.15, 0.2) is 18.2 Å². The lowest BCUT2D eigenvalue weighted by Gasteiger charge is -2.23. The summed E-state index contributed by atoms with van der Waals surface area (Å²) in [5, 5.41) is 0. The number of hydrogen-bond donors (Lipinski definition) is 1. The van der Waals surface area contributed by atoms with Crippen LogP contribution in [0, 0.1) is 12.3 Å². The molecule has 0 aliphatic carbocycles. The number of ether oxygens (including phenoxy) is 1. The number of methoxy groups -OCH3 is 1. The van der Waals surface area contributed by atoms with Crippen molar-refractivity contribution in [3.63, 3.8) is 0 Å². The molecule has 1 unspecified atom stereocenters. The van der Waals surface area contributed by atoms with Gasteiger partial charge in [0.1, 0.15) is 5.75 Å². The molecule has 0 fully saturated rings. The van der Waals surface area contributed by atoms with Gasteiger partial charge in [-0.2, -0.15) is 0 Å². The molecular formula is C14H23NO. The van der Waals surface area contributed by atoms with Crippen LogP contribution in [0.5, 0.6) is 5.75 Å². The molecule has 0 saturated heterocycles. The highest BCUT2D eigenvalue weighted by molar-refractivity contribution is 5.37. The highest BCUT2D eigenvalue weighted by Gasteiger charge is 2.17. The quantitative estimate of drug-likeness (QED) is 0.848. The molecule has 2 nitrogen and oxygen atoms in total. The fraction of sp³-hybridized carbons (Fsp3) is 0.571. The first kappa shape index (κ1) is 13.0. The normalized spacial score (nSPS) is 13.6. The fourth-order valence-electron chi connectivity index (χ4n) is 1.91. The van der Waals surface area contributed by atoms with Crippen LogP contribution >= 0.6 is 0 Å². The molecule has 1 aromatic rings. The largest absolute Gasteiger partial charge is 0.496 e. The number of aryl methyl sites for hydroxylation is 1. The van der Waals surface area contributed by atoms with Gasteiger partial charge in [0.15, 0.2) is 0 Å². The van der Waals surface area contributed by atoms with Crippen molar-refractivity contribution < 1.29 is 4.74 Å². The molecule has 0 spiro atoms. The monoisotopic (exact) mass is 221 g/mol. The van der Waals surface area contributed by atoms with Gasteiger partial charge in [0.05, 0.1) is 7.11 Å². The van der Waals surface area contributed by atoms with Crippen molar-refractivity contribution in [1.82, 2.24) is 0 Å². The van der Waals surface area contributed by atoms with Crippen LogP contribution in [0.2, 0.25) is 0 Å². The van der Waals surface area contributed by atoms with Crippen LogP contribution in [0.3, 0.4) is 0 Å². The maximum absolute atomic E-state index is 6.20. The van der Waals surface area contributed by atoms with Gasteiger partial charge >= 0.3 is 0 Å². The predicted octanol–water partition coefficient (Wildman–Crippen LogP) is 3.44. The third kappa shape index (κ3) is 3.53. The van der Waals surface area contributed by atoms with Crippen molar-refractivity contribution in [2.24, 2.45) is 11.1 Å². The first-order valence-corrected chi connectivity index (χ1v) is 5.73. The van der Waals surface area contributed by atoms with Gasteiger partial charge in [0.2, 0.25) is 0 Å². The SMILES string of the molecule is COc1ccc(C(N)CC(C)(C)C)cc1C. The highest BCUT2D eigenvalue weighted by atomic mass is 16.5. The van der Waals surface area contributed by atoms with Crippen molar-refractivity contribution in [3.05, 3.63) is 29.3 Å². The van der Waals surface area contributed by atoms with Crippen LogP contribution in [0.1, 0.15) is 44.4 Å². The van der Waals surface area contributed by atoms with Crippen molar-refractivity contribution in [2.45, 2.75) is 40.2 Å². The van der Waals surface area contributed by atoms with Crippen LogP contribution < -0.4 is 10.5 Å². The van der Waals surface area contributed by atoms with E-state index in [1.807, 2.05) is 13.0 Å². The van der Waals surface area contributed by atoms with Gasteiger partial charge in [-0.3, -0.25) is 0 Å². The van der Waals surface area contributed by atoms with Crippen LogP contribution in [0.4, 0.5) is 0 Å². The number of hydrogen-bond acceptors (Lipinski definition) is 2. The Balaban J connectivity index is 2.85. The van der Waals surface area contributed by atoms with E-state index in [1.165, 1.54) is 5.56 Å². The molecule has 0 heterocycles. The molecule has 0 aromatic heterocycles. The topological polar surface area (TPSA) is 35.2 Å². The van der Waals surface area contributed by atoms with E-state index in [0.29, 0.717) is 0 Å². The van der Waals surface area contributed by atoms with Gasteiger partial charge < -0.3 is 10.5 Å². The van der Waals surface area contributed by atoms with E-state index in [1.54, 1.807) is 7.11 Å². The Morgan fingerprint density at radius 1 is 1.31 bits per heavy atom. The molecule has 0 radical (unpaired) electrons. The summed E-state index contributed by atoms with van der Waals surface area (Å²) in [5.41, 5.74) is 8.79. The van der Waals surface area contributed by atoms with Crippen LogP contribution in [0.25, 0.3) is 0 Å².